The minimum Gasteiger partial charge on any atom is -0.496 e. The van der Waals surface area contributed by atoms with E-state index in [1.807, 2.05) is 13.8 Å². The quantitative estimate of drug-likeness (QED) is 0.531. The van der Waals surface area contributed by atoms with Gasteiger partial charge in [-0.15, -0.1) is 0 Å². The van der Waals surface area contributed by atoms with Crippen molar-refractivity contribution in [2.75, 3.05) is 19.5 Å². The van der Waals surface area contributed by atoms with E-state index in [9.17, 15) is 9.18 Å². The number of amides is 1. The van der Waals surface area contributed by atoms with Crippen molar-refractivity contribution >= 4 is 28.9 Å². The molecule has 1 aromatic heterocycles. The summed E-state index contributed by atoms with van der Waals surface area (Å²) in [6, 6.07) is 9.56. The normalized spacial score (nSPS) is 15.0. The molecule has 1 N–H and O–H groups in total. The van der Waals surface area contributed by atoms with Crippen LogP contribution in [-0.2, 0) is 16.2 Å². The largest absolute Gasteiger partial charge is 0.496 e. The number of hydrogen-bond acceptors (Lipinski definition) is 6. The molecule has 1 atom stereocenters. The Bertz CT molecular complexity index is 1260. The van der Waals surface area contributed by atoms with Crippen LogP contribution < -0.4 is 14.8 Å². The van der Waals surface area contributed by atoms with Gasteiger partial charge in [0.05, 0.1) is 48.6 Å². The van der Waals surface area contributed by atoms with Crippen molar-refractivity contribution in [1.29, 1.82) is 0 Å². The van der Waals surface area contributed by atoms with Crippen molar-refractivity contribution in [2.45, 2.75) is 32.9 Å². The number of aromatic nitrogens is 2. The highest BCUT2D eigenvalue weighted by molar-refractivity contribution is 6.32. The number of hydrogen-bond donors (Lipinski definition) is 1. The smallest absolute Gasteiger partial charge is 0.268 e. The molecule has 0 radical (unpaired) electrons. The number of methoxy groups -OCH3 is 2. The van der Waals surface area contributed by atoms with Gasteiger partial charge in [-0.2, -0.15) is 5.10 Å². The van der Waals surface area contributed by atoms with Crippen molar-refractivity contribution in [2.24, 2.45) is 5.16 Å². The molecule has 10 heteroatoms. The highest BCUT2D eigenvalue weighted by Gasteiger charge is 2.32. The molecule has 2 heterocycles. The van der Waals surface area contributed by atoms with Crippen molar-refractivity contribution in [3.05, 3.63) is 69.8 Å². The lowest BCUT2D eigenvalue weighted by Crippen LogP contribution is -2.28. The first-order valence-electron chi connectivity index (χ1n) is 10.5. The van der Waals surface area contributed by atoms with Gasteiger partial charge in [-0.1, -0.05) is 28.9 Å². The number of oxime groups is 1. The molecule has 1 amide bonds. The van der Waals surface area contributed by atoms with Gasteiger partial charge in [0.1, 0.15) is 17.3 Å². The van der Waals surface area contributed by atoms with E-state index < -0.39 is 6.10 Å². The van der Waals surface area contributed by atoms with Gasteiger partial charge in [-0.05, 0) is 37.6 Å². The molecule has 0 saturated carbocycles. The maximum absolute atomic E-state index is 13.2. The Morgan fingerprint density at radius 2 is 1.91 bits per heavy atom. The van der Waals surface area contributed by atoms with E-state index in [1.165, 1.54) is 26.4 Å². The molecule has 0 saturated heterocycles. The minimum absolute atomic E-state index is 0.243. The Labute approximate surface area is 201 Å². The van der Waals surface area contributed by atoms with Crippen LogP contribution in [0.5, 0.6) is 11.5 Å². The number of aryl methyl sites for hydroxylation is 1. The Morgan fingerprint density at radius 1 is 1.21 bits per heavy atom. The summed E-state index contributed by atoms with van der Waals surface area (Å²) in [5.41, 5.74) is 4.11. The summed E-state index contributed by atoms with van der Waals surface area (Å²) in [6.07, 6.45) is -0.577. The van der Waals surface area contributed by atoms with Crippen LogP contribution in [0.15, 0.2) is 41.6 Å². The Balaban J connectivity index is 1.46. The van der Waals surface area contributed by atoms with Crippen LogP contribution >= 0.6 is 11.6 Å². The van der Waals surface area contributed by atoms with Gasteiger partial charge < -0.3 is 19.6 Å². The maximum Gasteiger partial charge on any atom is 0.268 e. The SMILES string of the molecule is COc1cc(OC)c(C2=NOC(C(=O)Nc3c(C)nn(Cc4ccc(F)cc4)c3C)C2)cc1Cl. The Hall–Kier alpha value is -3.59. The van der Waals surface area contributed by atoms with Crippen LogP contribution in [0.3, 0.4) is 0 Å². The number of benzene rings is 2. The fraction of sp³-hybridized carbons (Fsp3) is 0.292. The third-order valence-corrected chi connectivity index (χ3v) is 5.92. The van der Waals surface area contributed by atoms with E-state index in [2.05, 4.69) is 15.6 Å². The standard InChI is InChI=1S/C24H24ClFN4O4/c1-13-23(14(2)30(28-13)12-15-5-7-16(26)8-6-15)27-24(31)22-10-19(29-34-22)17-9-18(25)21(33-4)11-20(17)32-3/h5-9,11,22H,10,12H2,1-4H3,(H,27,31). The van der Waals surface area contributed by atoms with Crippen LogP contribution in [0.25, 0.3) is 0 Å². The molecular weight excluding hydrogens is 463 g/mol. The number of carbonyl (C=O) groups excluding carboxylic acids is 1. The first kappa shape index (κ1) is 23.6. The molecule has 3 aromatic rings. The topological polar surface area (TPSA) is 87.0 Å². The zero-order chi connectivity index (χ0) is 24.4. The lowest BCUT2D eigenvalue weighted by molar-refractivity contribution is -0.125. The van der Waals surface area contributed by atoms with E-state index in [4.69, 9.17) is 25.9 Å². The van der Waals surface area contributed by atoms with Gasteiger partial charge in [-0.25, -0.2) is 4.39 Å². The minimum atomic E-state index is -0.820. The highest BCUT2D eigenvalue weighted by Crippen LogP contribution is 2.35. The fourth-order valence-corrected chi connectivity index (χ4v) is 4.00. The number of rotatable bonds is 7. The summed E-state index contributed by atoms with van der Waals surface area (Å²) in [5, 5.41) is 11.9. The number of carbonyl (C=O) groups is 1. The van der Waals surface area contributed by atoms with Crippen LogP contribution in [0.2, 0.25) is 5.02 Å². The van der Waals surface area contributed by atoms with Crippen molar-refractivity contribution in [3.8, 4) is 11.5 Å². The lowest BCUT2D eigenvalue weighted by atomic mass is 10.0. The predicted octanol–water partition coefficient (Wildman–Crippen LogP) is 4.49. The summed E-state index contributed by atoms with van der Waals surface area (Å²) in [6.45, 7) is 4.13. The second-order valence-electron chi connectivity index (χ2n) is 7.84. The highest BCUT2D eigenvalue weighted by atomic mass is 35.5. The molecule has 2 aromatic carbocycles. The third-order valence-electron chi connectivity index (χ3n) is 5.62. The lowest BCUT2D eigenvalue weighted by Gasteiger charge is -2.12. The number of halogens is 2. The van der Waals surface area contributed by atoms with E-state index >= 15 is 0 Å². The molecule has 34 heavy (non-hydrogen) atoms. The molecule has 0 fully saturated rings. The summed E-state index contributed by atoms with van der Waals surface area (Å²) in [4.78, 5) is 18.4. The van der Waals surface area contributed by atoms with Gasteiger partial charge in [0.25, 0.3) is 5.91 Å². The molecule has 0 aliphatic carbocycles. The number of ether oxygens (including phenoxy) is 2. The van der Waals surface area contributed by atoms with Crippen LogP contribution in [0.4, 0.5) is 10.1 Å². The van der Waals surface area contributed by atoms with Crippen LogP contribution in [0.1, 0.15) is 28.9 Å². The molecule has 1 unspecified atom stereocenters. The Morgan fingerprint density at radius 3 is 2.59 bits per heavy atom. The molecule has 1 aliphatic rings. The van der Waals surface area contributed by atoms with Crippen LogP contribution in [-0.4, -0.2) is 41.7 Å². The summed E-state index contributed by atoms with van der Waals surface area (Å²) < 4.78 is 25.6. The molecule has 0 bridgehead atoms. The first-order valence-corrected chi connectivity index (χ1v) is 10.9. The molecule has 0 spiro atoms. The van der Waals surface area contributed by atoms with Gasteiger partial charge in [0, 0.05) is 18.1 Å². The number of nitrogens with zero attached hydrogens (tertiary/aromatic N) is 3. The Kier molecular flexibility index (Phi) is 6.74. The average molecular weight is 487 g/mol. The molecular formula is C24H24ClFN4O4. The van der Waals surface area contributed by atoms with Gasteiger partial charge in [-0.3, -0.25) is 9.48 Å². The van der Waals surface area contributed by atoms with Gasteiger partial charge >= 0.3 is 0 Å². The van der Waals surface area contributed by atoms with E-state index in [1.54, 1.807) is 28.9 Å². The number of anilines is 1. The van der Waals surface area contributed by atoms with E-state index in [0.717, 1.165) is 11.3 Å². The molecule has 8 nitrogen and oxygen atoms in total. The van der Waals surface area contributed by atoms with E-state index in [0.29, 0.717) is 45.7 Å². The van der Waals surface area contributed by atoms with Crippen molar-refractivity contribution in [1.82, 2.24) is 9.78 Å². The van der Waals surface area contributed by atoms with E-state index in [-0.39, 0.29) is 18.1 Å². The van der Waals surface area contributed by atoms with Gasteiger partial charge in [0.15, 0.2) is 0 Å². The van der Waals surface area contributed by atoms with Crippen molar-refractivity contribution in [3.63, 3.8) is 0 Å². The number of nitrogens with one attached hydrogen (secondary N) is 1. The first-order chi connectivity index (χ1) is 16.3. The molecule has 178 valence electrons. The molecule has 1 aliphatic heterocycles. The van der Waals surface area contributed by atoms with Gasteiger partial charge in [0.2, 0.25) is 6.10 Å². The summed E-state index contributed by atoms with van der Waals surface area (Å²) in [7, 11) is 3.05. The predicted molar refractivity (Wildman–Crippen MR) is 126 cm³/mol. The summed E-state index contributed by atoms with van der Waals surface area (Å²) >= 11 is 6.26. The molecule has 4 rings (SSSR count). The van der Waals surface area contributed by atoms with Crippen molar-refractivity contribution < 1.29 is 23.5 Å². The average Bonchev–Trinajstić information content (AvgIpc) is 3.41. The zero-order valence-electron chi connectivity index (χ0n) is 19.2. The zero-order valence-corrected chi connectivity index (χ0v) is 19.9. The fourth-order valence-electron chi connectivity index (χ4n) is 3.76. The summed E-state index contributed by atoms with van der Waals surface area (Å²) in [5.74, 6) is 0.348. The second-order valence-corrected chi connectivity index (χ2v) is 8.25. The third kappa shape index (κ3) is 4.70. The second kappa shape index (κ2) is 9.72. The van der Waals surface area contributed by atoms with Crippen LogP contribution in [0, 0.1) is 19.7 Å². The maximum atomic E-state index is 13.2. The monoisotopic (exact) mass is 486 g/mol.